The highest BCUT2D eigenvalue weighted by Gasteiger charge is 2.12. The second kappa shape index (κ2) is 6.52. The molecule has 0 aliphatic rings. The second-order valence-electron chi connectivity index (χ2n) is 4.75. The minimum Gasteiger partial charge on any atom is -0.465 e. The van der Waals surface area contributed by atoms with Gasteiger partial charge in [0.2, 0.25) is 0 Å². The number of halogens is 1. The maximum Gasteiger partial charge on any atom is 0.337 e. The third-order valence-corrected chi connectivity index (χ3v) is 4.59. The molecule has 7 heteroatoms. The molecule has 1 aromatic carbocycles. The van der Waals surface area contributed by atoms with Gasteiger partial charge in [0.15, 0.2) is 0 Å². The van der Waals surface area contributed by atoms with Gasteiger partial charge in [-0.2, -0.15) is 0 Å². The molecule has 0 saturated carbocycles. The van der Waals surface area contributed by atoms with Gasteiger partial charge in [-0.25, -0.2) is 19.7 Å². The monoisotopic (exact) mass is 345 g/mol. The summed E-state index contributed by atoms with van der Waals surface area (Å²) in [5.74, 6) is -0.374. The molecule has 0 aliphatic carbocycles. The molecule has 3 rings (SSSR count). The Hall–Kier alpha value is -2.18. The third kappa shape index (κ3) is 3.28. The van der Waals surface area contributed by atoms with Crippen molar-refractivity contribution in [2.24, 2.45) is 0 Å². The molecule has 5 nitrogen and oxygen atoms in total. The van der Waals surface area contributed by atoms with Crippen LogP contribution in [0.25, 0.3) is 11.0 Å². The first-order chi connectivity index (χ1) is 11.1. The lowest BCUT2D eigenvalue weighted by molar-refractivity contribution is 0.0600. The highest BCUT2D eigenvalue weighted by Crippen LogP contribution is 2.33. The van der Waals surface area contributed by atoms with Gasteiger partial charge in [-0.3, -0.25) is 0 Å². The first-order valence-corrected chi connectivity index (χ1v) is 7.92. The van der Waals surface area contributed by atoms with E-state index in [0.29, 0.717) is 26.8 Å². The molecular formula is C16H12ClN3O2S. The van der Waals surface area contributed by atoms with Gasteiger partial charge in [-0.1, -0.05) is 29.4 Å². The predicted octanol–water partition coefficient (Wildman–Crippen LogP) is 3.92. The van der Waals surface area contributed by atoms with E-state index in [0.717, 1.165) is 10.5 Å². The molecule has 2 aromatic heterocycles. The number of benzene rings is 1. The van der Waals surface area contributed by atoms with Crippen LogP contribution in [0, 0.1) is 6.92 Å². The predicted molar refractivity (Wildman–Crippen MR) is 89.0 cm³/mol. The van der Waals surface area contributed by atoms with Crippen LogP contribution < -0.4 is 0 Å². The Kier molecular flexibility index (Phi) is 4.45. The Morgan fingerprint density at radius 3 is 2.83 bits per heavy atom. The van der Waals surface area contributed by atoms with Crippen LogP contribution in [-0.4, -0.2) is 28.0 Å². The molecule has 0 unspecified atom stereocenters. The Morgan fingerprint density at radius 2 is 2.04 bits per heavy atom. The number of nitrogens with zero attached hydrogens (tertiary/aromatic N) is 3. The summed E-state index contributed by atoms with van der Waals surface area (Å²) >= 11 is 7.39. The zero-order chi connectivity index (χ0) is 16.4. The summed E-state index contributed by atoms with van der Waals surface area (Å²) in [5, 5.41) is 1.07. The molecule has 2 heterocycles. The largest absolute Gasteiger partial charge is 0.465 e. The third-order valence-electron chi connectivity index (χ3n) is 3.23. The van der Waals surface area contributed by atoms with Gasteiger partial charge in [-0.05, 0) is 36.8 Å². The molecule has 0 saturated heterocycles. The van der Waals surface area contributed by atoms with E-state index in [1.54, 1.807) is 24.3 Å². The van der Waals surface area contributed by atoms with Crippen molar-refractivity contribution in [3.8, 4) is 0 Å². The van der Waals surface area contributed by atoms with Gasteiger partial charge in [-0.15, -0.1) is 0 Å². The Labute approximate surface area is 142 Å². The van der Waals surface area contributed by atoms with Crippen LogP contribution in [0.1, 0.15) is 15.9 Å². The summed E-state index contributed by atoms with van der Waals surface area (Å²) in [6.07, 6.45) is 1.49. The Morgan fingerprint density at radius 1 is 1.22 bits per heavy atom. The number of fused-ring (bicyclic) bond motifs is 1. The van der Waals surface area contributed by atoms with Crippen molar-refractivity contribution in [2.45, 2.75) is 16.8 Å². The van der Waals surface area contributed by atoms with Gasteiger partial charge >= 0.3 is 5.97 Å². The van der Waals surface area contributed by atoms with Crippen LogP contribution in [0.2, 0.25) is 5.15 Å². The molecule has 0 atom stereocenters. The standard InChI is InChI=1S/C16H12ClN3O2S/c1-9-3-4-10(16(21)22-2)7-12(9)23-15-14-11(18-8-19-15)5-6-13(17)20-14/h3-8H,1-2H3. The summed E-state index contributed by atoms with van der Waals surface area (Å²) < 4.78 is 4.76. The number of aromatic nitrogens is 3. The molecule has 0 N–H and O–H groups in total. The quantitative estimate of drug-likeness (QED) is 0.407. The number of hydrogen-bond acceptors (Lipinski definition) is 6. The smallest absolute Gasteiger partial charge is 0.337 e. The van der Waals surface area contributed by atoms with Gasteiger partial charge in [0, 0.05) is 4.90 Å². The Balaban J connectivity index is 2.05. The minimum atomic E-state index is -0.374. The van der Waals surface area contributed by atoms with Crippen LogP contribution in [0.5, 0.6) is 0 Å². The number of esters is 1. The number of ether oxygens (including phenoxy) is 1. The van der Waals surface area contributed by atoms with Crippen molar-refractivity contribution in [1.82, 2.24) is 15.0 Å². The molecule has 0 spiro atoms. The van der Waals surface area contributed by atoms with Gasteiger partial charge in [0.1, 0.15) is 22.0 Å². The normalized spacial score (nSPS) is 10.7. The highest BCUT2D eigenvalue weighted by molar-refractivity contribution is 7.99. The molecule has 0 amide bonds. The molecule has 3 aromatic rings. The SMILES string of the molecule is COC(=O)c1ccc(C)c(Sc2ncnc3ccc(Cl)nc23)c1. The molecule has 23 heavy (non-hydrogen) atoms. The maximum absolute atomic E-state index is 11.7. The fraction of sp³-hybridized carbons (Fsp3) is 0.125. The van der Waals surface area contributed by atoms with Crippen molar-refractivity contribution in [3.05, 3.63) is 52.9 Å². The van der Waals surface area contributed by atoms with Crippen LogP contribution >= 0.6 is 23.4 Å². The van der Waals surface area contributed by atoms with Crippen molar-refractivity contribution >= 4 is 40.4 Å². The van der Waals surface area contributed by atoms with E-state index in [1.165, 1.54) is 25.2 Å². The number of rotatable bonds is 3. The highest BCUT2D eigenvalue weighted by atomic mass is 35.5. The average molecular weight is 346 g/mol. The molecule has 116 valence electrons. The van der Waals surface area contributed by atoms with Crippen LogP contribution in [-0.2, 0) is 4.74 Å². The van der Waals surface area contributed by atoms with E-state index >= 15 is 0 Å². The number of pyridine rings is 1. The number of methoxy groups -OCH3 is 1. The van der Waals surface area contributed by atoms with Crippen LogP contribution in [0.3, 0.4) is 0 Å². The molecule has 0 aliphatic heterocycles. The first kappa shape index (κ1) is 15.7. The first-order valence-electron chi connectivity index (χ1n) is 6.72. The van der Waals surface area contributed by atoms with Gasteiger partial charge < -0.3 is 4.74 Å². The minimum absolute atomic E-state index is 0.374. The number of carbonyl (C=O) groups is 1. The fourth-order valence-corrected chi connectivity index (χ4v) is 3.15. The average Bonchev–Trinajstić information content (AvgIpc) is 2.56. The Bertz CT molecular complexity index is 902. The second-order valence-corrected chi connectivity index (χ2v) is 6.17. The number of hydrogen-bond donors (Lipinski definition) is 0. The molecule has 0 radical (unpaired) electrons. The van der Waals surface area contributed by atoms with Crippen LogP contribution in [0.4, 0.5) is 0 Å². The number of aryl methyl sites for hydroxylation is 1. The van der Waals surface area contributed by atoms with Gasteiger partial charge in [0.05, 0.1) is 18.2 Å². The zero-order valence-corrected chi connectivity index (χ0v) is 14.0. The summed E-state index contributed by atoms with van der Waals surface area (Å²) in [6.45, 7) is 1.97. The van der Waals surface area contributed by atoms with Crippen molar-refractivity contribution < 1.29 is 9.53 Å². The van der Waals surface area contributed by atoms with E-state index < -0.39 is 0 Å². The van der Waals surface area contributed by atoms with E-state index in [2.05, 4.69) is 15.0 Å². The topological polar surface area (TPSA) is 65.0 Å². The lowest BCUT2D eigenvalue weighted by Gasteiger charge is -2.08. The summed E-state index contributed by atoms with van der Waals surface area (Å²) in [7, 11) is 1.36. The maximum atomic E-state index is 11.7. The van der Waals surface area contributed by atoms with Crippen LogP contribution in [0.15, 0.2) is 46.6 Å². The zero-order valence-electron chi connectivity index (χ0n) is 12.4. The molecular weight excluding hydrogens is 334 g/mol. The van der Waals surface area contributed by atoms with E-state index in [1.807, 2.05) is 13.0 Å². The van der Waals surface area contributed by atoms with Crippen molar-refractivity contribution in [1.29, 1.82) is 0 Å². The van der Waals surface area contributed by atoms with E-state index in [-0.39, 0.29) is 5.97 Å². The van der Waals surface area contributed by atoms with E-state index in [9.17, 15) is 4.79 Å². The summed E-state index contributed by atoms with van der Waals surface area (Å²) in [5.41, 5.74) is 2.86. The summed E-state index contributed by atoms with van der Waals surface area (Å²) in [6, 6.07) is 8.88. The molecule has 0 fully saturated rings. The van der Waals surface area contributed by atoms with Gasteiger partial charge in [0.25, 0.3) is 0 Å². The fourth-order valence-electron chi connectivity index (χ4n) is 2.03. The lowest BCUT2D eigenvalue weighted by atomic mass is 10.1. The van der Waals surface area contributed by atoms with Crippen molar-refractivity contribution in [2.75, 3.05) is 7.11 Å². The lowest BCUT2D eigenvalue weighted by Crippen LogP contribution is -2.01. The van der Waals surface area contributed by atoms with E-state index in [4.69, 9.17) is 16.3 Å². The summed E-state index contributed by atoms with van der Waals surface area (Å²) in [4.78, 5) is 25.4. The van der Waals surface area contributed by atoms with Crippen molar-refractivity contribution in [3.63, 3.8) is 0 Å². The number of carbonyl (C=O) groups excluding carboxylic acids is 1. The molecule has 0 bridgehead atoms.